The molecular weight excluding hydrogens is 358 g/mol. The van der Waals surface area contributed by atoms with E-state index in [9.17, 15) is 4.79 Å². The van der Waals surface area contributed by atoms with Crippen molar-refractivity contribution >= 4 is 28.6 Å². The largest absolute Gasteiger partial charge is 0.347 e. The van der Waals surface area contributed by atoms with Gasteiger partial charge in [-0.15, -0.1) is 10.2 Å². The zero-order valence-corrected chi connectivity index (χ0v) is 16.7. The molecule has 0 N–H and O–H groups in total. The van der Waals surface area contributed by atoms with Crippen LogP contribution in [0.4, 0.5) is 0 Å². The SMILES string of the molecule is CCn1cc(-c2nnc(SCC(=O)N3CCCCC3)n2C)c2ccccc21. The molecule has 7 heteroatoms. The summed E-state index contributed by atoms with van der Waals surface area (Å²) in [6, 6.07) is 8.36. The molecule has 1 aromatic carbocycles. The number of amides is 1. The smallest absolute Gasteiger partial charge is 0.233 e. The maximum absolute atomic E-state index is 12.4. The van der Waals surface area contributed by atoms with E-state index in [1.165, 1.54) is 29.1 Å². The molecule has 1 amide bonds. The third-order valence-corrected chi connectivity index (χ3v) is 6.24. The van der Waals surface area contributed by atoms with Crippen molar-refractivity contribution in [1.82, 2.24) is 24.2 Å². The molecular formula is C20H25N5OS. The Labute approximate surface area is 163 Å². The van der Waals surface area contributed by atoms with E-state index in [1.54, 1.807) is 0 Å². The third-order valence-electron chi connectivity index (χ3n) is 5.24. The Morgan fingerprint density at radius 2 is 1.93 bits per heavy atom. The topological polar surface area (TPSA) is 56.0 Å². The lowest BCUT2D eigenvalue weighted by Gasteiger charge is -2.26. The molecule has 0 saturated carbocycles. The lowest BCUT2D eigenvalue weighted by molar-refractivity contribution is -0.129. The fraction of sp³-hybridized carbons (Fsp3) is 0.450. The predicted octanol–water partition coefficient (Wildman–Crippen LogP) is 3.56. The van der Waals surface area contributed by atoms with Gasteiger partial charge in [0.2, 0.25) is 5.91 Å². The van der Waals surface area contributed by atoms with Crippen molar-refractivity contribution < 1.29 is 4.79 Å². The Balaban J connectivity index is 1.55. The van der Waals surface area contributed by atoms with Crippen LogP contribution in [0, 0.1) is 0 Å². The summed E-state index contributed by atoms with van der Waals surface area (Å²) in [7, 11) is 1.97. The number of piperidine rings is 1. The maximum atomic E-state index is 12.4. The minimum absolute atomic E-state index is 0.201. The van der Waals surface area contributed by atoms with Gasteiger partial charge in [0.05, 0.1) is 5.75 Å². The summed E-state index contributed by atoms with van der Waals surface area (Å²) in [5, 5.41) is 10.7. The number of nitrogens with zero attached hydrogens (tertiary/aromatic N) is 5. The highest BCUT2D eigenvalue weighted by molar-refractivity contribution is 7.99. The standard InChI is InChI=1S/C20H25N5OS/c1-3-24-13-16(15-9-5-6-10-17(15)24)19-21-22-20(23(19)2)27-14-18(26)25-11-7-4-8-12-25/h5-6,9-10,13H,3-4,7-8,11-12,14H2,1-2H3. The fourth-order valence-electron chi connectivity index (χ4n) is 3.72. The van der Waals surface area contributed by atoms with Gasteiger partial charge in [-0.3, -0.25) is 4.79 Å². The van der Waals surface area contributed by atoms with Gasteiger partial charge in [0, 0.05) is 49.3 Å². The zero-order chi connectivity index (χ0) is 18.8. The minimum atomic E-state index is 0.201. The van der Waals surface area contributed by atoms with Crippen molar-refractivity contribution in [3.05, 3.63) is 30.5 Å². The van der Waals surface area contributed by atoms with E-state index >= 15 is 0 Å². The number of carbonyl (C=O) groups excluding carboxylic acids is 1. The molecule has 4 rings (SSSR count). The van der Waals surface area contributed by atoms with E-state index < -0.39 is 0 Å². The second-order valence-corrected chi connectivity index (χ2v) is 7.88. The fourth-order valence-corrected chi connectivity index (χ4v) is 4.54. The molecule has 1 saturated heterocycles. The van der Waals surface area contributed by atoms with Gasteiger partial charge in [0.1, 0.15) is 0 Å². The molecule has 1 aliphatic heterocycles. The highest BCUT2D eigenvalue weighted by Gasteiger charge is 2.20. The van der Waals surface area contributed by atoms with E-state index in [1.807, 2.05) is 16.5 Å². The average Bonchev–Trinajstić information content (AvgIpc) is 3.27. The van der Waals surface area contributed by atoms with Crippen LogP contribution in [0.25, 0.3) is 22.3 Å². The quantitative estimate of drug-likeness (QED) is 0.632. The number of hydrogen-bond donors (Lipinski definition) is 0. The summed E-state index contributed by atoms with van der Waals surface area (Å²) in [5.41, 5.74) is 2.28. The van der Waals surface area contributed by atoms with E-state index in [2.05, 4.69) is 52.2 Å². The summed E-state index contributed by atoms with van der Waals surface area (Å²) in [6.07, 6.45) is 5.61. The van der Waals surface area contributed by atoms with Crippen LogP contribution in [0.2, 0.25) is 0 Å². The molecule has 0 radical (unpaired) electrons. The molecule has 0 atom stereocenters. The number of aromatic nitrogens is 4. The average molecular weight is 384 g/mol. The molecule has 0 aliphatic carbocycles. The summed E-state index contributed by atoms with van der Waals surface area (Å²) >= 11 is 1.47. The summed E-state index contributed by atoms with van der Waals surface area (Å²) in [5.74, 6) is 1.46. The van der Waals surface area contributed by atoms with Crippen LogP contribution in [0.1, 0.15) is 26.2 Å². The van der Waals surface area contributed by atoms with Crippen molar-refractivity contribution in [3.8, 4) is 11.4 Å². The molecule has 142 valence electrons. The Morgan fingerprint density at radius 1 is 1.15 bits per heavy atom. The molecule has 0 spiro atoms. The van der Waals surface area contributed by atoms with Crippen LogP contribution in [-0.4, -0.2) is 49.0 Å². The van der Waals surface area contributed by atoms with Crippen LogP contribution >= 0.6 is 11.8 Å². The second-order valence-electron chi connectivity index (χ2n) is 6.94. The summed E-state index contributed by atoms with van der Waals surface area (Å²) in [6.45, 7) is 4.82. The first-order valence-electron chi connectivity index (χ1n) is 9.57. The van der Waals surface area contributed by atoms with Gasteiger partial charge in [-0.25, -0.2) is 0 Å². The van der Waals surface area contributed by atoms with Gasteiger partial charge in [-0.05, 0) is 32.3 Å². The Morgan fingerprint density at radius 3 is 2.70 bits per heavy atom. The number of thioether (sulfide) groups is 1. The van der Waals surface area contributed by atoms with E-state index in [-0.39, 0.29) is 5.91 Å². The first kappa shape index (κ1) is 18.1. The number of carbonyl (C=O) groups is 1. The Kier molecular flexibility index (Phi) is 5.20. The zero-order valence-electron chi connectivity index (χ0n) is 15.9. The lowest BCUT2D eigenvalue weighted by Crippen LogP contribution is -2.36. The molecule has 6 nitrogen and oxygen atoms in total. The first-order chi connectivity index (χ1) is 13.2. The van der Waals surface area contributed by atoms with Crippen LogP contribution in [0.3, 0.4) is 0 Å². The maximum Gasteiger partial charge on any atom is 0.233 e. The monoisotopic (exact) mass is 383 g/mol. The molecule has 27 heavy (non-hydrogen) atoms. The van der Waals surface area contributed by atoms with Crippen molar-refractivity contribution in [2.45, 2.75) is 37.9 Å². The number of hydrogen-bond acceptors (Lipinski definition) is 4. The number of aryl methyl sites for hydroxylation is 1. The molecule has 3 aromatic rings. The van der Waals surface area contributed by atoms with Crippen LogP contribution < -0.4 is 0 Å². The van der Waals surface area contributed by atoms with E-state index in [0.717, 1.165) is 49.0 Å². The Hall–Kier alpha value is -2.28. The predicted molar refractivity (Wildman–Crippen MR) is 109 cm³/mol. The highest BCUT2D eigenvalue weighted by atomic mass is 32.2. The normalized spacial score (nSPS) is 14.8. The number of likely N-dealkylation sites (tertiary alicyclic amines) is 1. The van der Waals surface area contributed by atoms with Crippen molar-refractivity contribution in [1.29, 1.82) is 0 Å². The number of fused-ring (bicyclic) bond motifs is 1. The summed E-state index contributed by atoms with van der Waals surface area (Å²) < 4.78 is 4.22. The molecule has 0 unspecified atom stereocenters. The molecule has 2 aromatic heterocycles. The van der Waals surface area contributed by atoms with Crippen LogP contribution in [0.15, 0.2) is 35.6 Å². The Bertz CT molecular complexity index is 955. The number of benzene rings is 1. The van der Waals surface area contributed by atoms with Crippen LogP contribution in [0.5, 0.6) is 0 Å². The van der Waals surface area contributed by atoms with E-state index in [4.69, 9.17) is 0 Å². The van der Waals surface area contributed by atoms with Gasteiger partial charge in [-0.1, -0.05) is 30.0 Å². The van der Waals surface area contributed by atoms with Gasteiger partial charge in [0.15, 0.2) is 11.0 Å². The van der Waals surface area contributed by atoms with Crippen molar-refractivity contribution in [3.63, 3.8) is 0 Å². The molecule has 0 bridgehead atoms. The molecule has 1 fully saturated rings. The number of rotatable bonds is 5. The van der Waals surface area contributed by atoms with Gasteiger partial charge in [0.25, 0.3) is 0 Å². The van der Waals surface area contributed by atoms with Gasteiger partial charge in [-0.2, -0.15) is 0 Å². The number of para-hydroxylation sites is 1. The molecule has 3 heterocycles. The second kappa shape index (κ2) is 7.76. The molecule has 1 aliphatic rings. The lowest BCUT2D eigenvalue weighted by atomic mass is 10.1. The summed E-state index contributed by atoms with van der Waals surface area (Å²) in [4.78, 5) is 14.4. The van der Waals surface area contributed by atoms with Crippen LogP contribution in [-0.2, 0) is 18.4 Å². The van der Waals surface area contributed by atoms with Crippen molar-refractivity contribution in [2.75, 3.05) is 18.8 Å². The van der Waals surface area contributed by atoms with Gasteiger partial charge >= 0.3 is 0 Å². The highest BCUT2D eigenvalue weighted by Crippen LogP contribution is 2.31. The third kappa shape index (κ3) is 3.48. The van der Waals surface area contributed by atoms with E-state index in [0.29, 0.717) is 5.75 Å². The minimum Gasteiger partial charge on any atom is -0.347 e. The van der Waals surface area contributed by atoms with Gasteiger partial charge < -0.3 is 14.0 Å². The van der Waals surface area contributed by atoms with Crippen molar-refractivity contribution in [2.24, 2.45) is 7.05 Å². The first-order valence-corrected chi connectivity index (χ1v) is 10.6.